The molecule has 2 aromatic rings. The first-order valence-corrected chi connectivity index (χ1v) is 12.1. The zero-order valence-corrected chi connectivity index (χ0v) is 21.5. The third-order valence-electron chi connectivity index (χ3n) is 6.24. The van der Waals surface area contributed by atoms with Crippen LogP contribution in [0.2, 0.25) is 0 Å². The van der Waals surface area contributed by atoms with Crippen LogP contribution >= 0.6 is 0 Å². The van der Waals surface area contributed by atoms with Crippen molar-refractivity contribution in [3.05, 3.63) is 60.1 Å². The number of esters is 2. The number of rotatable bonds is 7. The summed E-state index contributed by atoms with van der Waals surface area (Å²) < 4.78 is 15.5. The Kier molecular flexibility index (Phi) is 7.49. The molecule has 0 spiro atoms. The van der Waals surface area contributed by atoms with Gasteiger partial charge in [-0.25, -0.2) is 9.59 Å². The van der Waals surface area contributed by atoms with Gasteiger partial charge in [0.1, 0.15) is 11.4 Å². The summed E-state index contributed by atoms with van der Waals surface area (Å²) in [6.45, 7) is 5.94. The Bertz CT molecular complexity index is 1270. The molecule has 200 valence electrons. The molecule has 2 aliphatic heterocycles. The molecule has 1 fully saturated rings. The van der Waals surface area contributed by atoms with Gasteiger partial charge in [-0.15, -0.1) is 0 Å². The van der Waals surface area contributed by atoms with Gasteiger partial charge in [0.25, 0.3) is 0 Å². The summed E-state index contributed by atoms with van der Waals surface area (Å²) in [7, 11) is 0. The number of amides is 2. The van der Waals surface area contributed by atoms with Gasteiger partial charge in [0, 0.05) is 6.20 Å². The van der Waals surface area contributed by atoms with E-state index in [4.69, 9.17) is 14.2 Å². The van der Waals surface area contributed by atoms with Crippen LogP contribution in [-0.2, 0) is 23.9 Å². The lowest BCUT2D eigenvalue weighted by atomic mass is 9.82. The fourth-order valence-corrected chi connectivity index (χ4v) is 4.35. The van der Waals surface area contributed by atoms with Gasteiger partial charge < -0.3 is 24.2 Å². The molecule has 0 bridgehead atoms. The van der Waals surface area contributed by atoms with Crippen molar-refractivity contribution in [2.24, 2.45) is 11.3 Å². The second kappa shape index (κ2) is 10.6. The van der Waals surface area contributed by atoms with Crippen molar-refractivity contribution in [3.8, 4) is 5.75 Å². The van der Waals surface area contributed by atoms with E-state index in [2.05, 4.69) is 10.3 Å². The summed E-state index contributed by atoms with van der Waals surface area (Å²) in [5.41, 5.74) is 0.877. The zero-order chi connectivity index (χ0) is 27.6. The predicted octanol–water partition coefficient (Wildman–Crippen LogP) is 3.11. The minimum absolute atomic E-state index is 0.0340. The molecule has 2 N–H and O–H groups in total. The largest absolute Gasteiger partial charge is 0.427 e. The van der Waals surface area contributed by atoms with E-state index in [0.29, 0.717) is 23.2 Å². The first kappa shape index (κ1) is 26.8. The van der Waals surface area contributed by atoms with Crippen molar-refractivity contribution in [1.82, 2.24) is 9.88 Å². The van der Waals surface area contributed by atoms with Crippen LogP contribution in [0.25, 0.3) is 5.57 Å². The second-order valence-corrected chi connectivity index (χ2v) is 10.1. The van der Waals surface area contributed by atoms with Gasteiger partial charge in [-0.2, -0.15) is 0 Å². The summed E-state index contributed by atoms with van der Waals surface area (Å²) >= 11 is 0. The number of β-lactam (4-membered cyclic amide) rings is 1. The molecule has 11 heteroatoms. The molecule has 1 aromatic carbocycles. The van der Waals surface area contributed by atoms with Crippen LogP contribution in [0.15, 0.2) is 54.5 Å². The normalized spacial score (nSPS) is 19.3. The van der Waals surface area contributed by atoms with E-state index < -0.39 is 48.3 Å². The summed E-state index contributed by atoms with van der Waals surface area (Å²) in [6.07, 6.45) is 1.79. The molecule has 11 nitrogen and oxygen atoms in total. The van der Waals surface area contributed by atoms with Crippen LogP contribution < -0.4 is 10.1 Å². The van der Waals surface area contributed by atoms with Gasteiger partial charge in [0.2, 0.25) is 12.7 Å². The Balaban J connectivity index is 1.51. The minimum Gasteiger partial charge on any atom is -0.427 e. The molecule has 3 atom stereocenters. The van der Waals surface area contributed by atoms with E-state index in [1.54, 1.807) is 63.4 Å². The van der Waals surface area contributed by atoms with E-state index in [0.717, 1.165) is 0 Å². The molecule has 0 aliphatic carbocycles. The first-order chi connectivity index (χ1) is 18.0. The maximum Gasteiger partial charge on any atom is 0.417 e. The minimum atomic E-state index is -0.887. The molecular weight excluding hydrogens is 494 g/mol. The fourth-order valence-electron chi connectivity index (χ4n) is 4.35. The van der Waals surface area contributed by atoms with Crippen LogP contribution in [-0.4, -0.2) is 57.9 Å². The highest BCUT2D eigenvalue weighted by Crippen LogP contribution is 2.47. The van der Waals surface area contributed by atoms with Crippen molar-refractivity contribution >= 4 is 35.2 Å². The van der Waals surface area contributed by atoms with E-state index in [9.17, 15) is 24.3 Å². The monoisotopic (exact) mass is 523 g/mol. The quantitative estimate of drug-likeness (QED) is 0.318. The number of carbonyl (C=O) groups is 4. The van der Waals surface area contributed by atoms with Crippen molar-refractivity contribution in [1.29, 1.82) is 0 Å². The van der Waals surface area contributed by atoms with Crippen molar-refractivity contribution in [2.45, 2.75) is 46.3 Å². The number of carbonyl (C=O) groups excluding carboxylic acids is 4. The standard InChI is InChI=1S/C27H29N3O8/c1-15(31)21-20-12-19(22(30(20)23(21)32)24(33)36-14-37-25(34)27(2,3)4)16-7-9-18(10-8-16)38-26(35)29-17-6-5-11-28-13-17/h5-11,13,15,20-21,31H,12,14H2,1-4H3,(H,29,35)/t15-,20-,21-/m1/s1. The Morgan fingerprint density at radius 3 is 2.47 bits per heavy atom. The van der Waals surface area contributed by atoms with E-state index in [-0.39, 0.29) is 17.4 Å². The number of aromatic nitrogens is 1. The van der Waals surface area contributed by atoms with Crippen LogP contribution in [0.4, 0.5) is 10.5 Å². The maximum atomic E-state index is 13.0. The van der Waals surface area contributed by atoms with Crippen LogP contribution in [0.3, 0.4) is 0 Å². The Hall–Kier alpha value is -4.25. The zero-order valence-electron chi connectivity index (χ0n) is 21.5. The summed E-state index contributed by atoms with van der Waals surface area (Å²) in [5.74, 6) is -2.13. The Labute approximate surface area is 219 Å². The topological polar surface area (TPSA) is 144 Å². The molecule has 0 saturated carbocycles. The molecule has 1 saturated heterocycles. The van der Waals surface area contributed by atoms with Gasteiger partial charge >= 0.3 is 18.0 Å². The van der Waals surface area contributed by atoms with E-state index in [1.807, 2.05) is 0 Å². The smallest absolute Gasteiger partial charge is 0.417 e. The summed E-state index contributed by atoms with van der Waals surface area (Å²) in [5, 5.41) is 12.6. The number of ether oxygens (including phenoxy) is 3. The molecule has 2 aliphatic rings. The Morgan fingerprint density at radius 2 is 1.87 bits per heavy atom. The van der Waals surface area contributed by atoms with Crippen molar-refractivity contribution in [2.75, 3.05) is 12.1 Å². The van der Waals surface area contributed by atoms with Gasteiger partial charge in [-0.3, -0.25) is 19.9 Å². The molecule has 0 radical (unpaired) electrons. The van der Waals surface area contributed by atoms with Crippen molar-refractivity contribution in [3.63, 3.8) is 0 Å². The first-order valence-electron chi connectivity index (χ1n) is 12.1. The highest BCUT2D eigenvalue weighted by atomic mass is 16.7. The molecule has 3 heterocycles. The highest BCUT2D eigenvalue weighted by Gasteiger charge is 2.57. The number of nitrogens with one attached hydrogen (secondary N) is 1. The number of hydrogen-bond acceptors (Lipinski definition) is 9. The third-order valence-corrected chi connectivity index (χ3v) is 6.24. The maximum absolute atomic E-state index is 13.0. The number of nitrogens with zero attached hydrogens (tertiary/aromatic N) is 2. The lowest BCUT2D eigenvalue weighted by molar-refractivity contribution is -0.175. The number of anilines is 1. The van der Waals surface area contributed by atoms with Crippen LogP contribution in [0.1, 0.15) is 39.7 Å². The molecule has 4 rings (SSSR count). The third kappa shape index (κ3) is 5.52. The summed E-state index contributed by atoms with van der Waals surface area (Å²) in [6, 6.07) is 9.36. The average molecular weight is 524 g/mol. The molecule has 38 heavy (non-hydrogen) atoms. The number of aliphatic hydroxyl groups is 1. The van der Waals surface area contributed by atoms with Crippen molar-refractivity contribution < 1.29 is 38.5 Å². The van der Waals surface area contributed by atoms with Crippen LogP contribution in [0, 0.1) is 11.3 Å². The fraction of sp³-hybridized carbons (Fsp3) is 0.370. The number of hydrogen-bond donors (Lipinski definition) is 2. The van der Waals surface area contributed by atoms with Crippen LogP contribution in [0.5, 0.6) is 5.75 Å². The lowest BCUT2D eigenvalue weighted by Crippen LogP contribution is -2.61. The van der Waals surface area contributed by atoms with Gasteiger partial charge in [0.15, 0.2) is 0 Å². The van der Waals surface area contributed by atoms with Gasteiger partial charge in [0.05, 0.1) is 35.4 Å². The van der Waals surface area contributed by atoms with E-state index in [1.165, 1.54) is 18.0 Å². The number of fused-ring (bicyclic) bond motifs is 1. The highest BCUT2D eigenvalue weighted by molar-refractivity contribution is 6.06. The Morgan fingerprint density at radius 1 is 1.16 bits per heavy atom. The molecule has 2 amide bonds. The molecule has 0 unspecified atom stereocenters. The molecular formula is C27H29N3O8. The molecule has 1 aromatic heterocycles. The number of aliphatic hydroxyl groups excluding tert-OH is 1. The predicted molar refractivity (Wildman–Crippen MR) is 134 cm³/mol. The van der Waals surface area contributed by atoms with Gasteiger partial charge in [-0.05, 0) is 69.5 Å². The second-order valence-electron chi connectivity index (χ2n) is 10.1. The number of pyridine rings is 1. The van der Waals surface area contributed by atoms with Gasteiger partial charge in [-0.1, -0.05) is 12.1 Å². The van der Waals surface area contributed by atoms with E-state index >= 15 is 0 Å². The SMILES string of the molecule is C[C@@H](O)[C@H]1C(=O)N2C(C(=O)OCOC(=O)C(C)(C)C)=C(c3ccc(OC(=O)Nc4cccnc4)cc3)C[C@H]12. The average Bonchev–Trinajstić information content (AvgIpc) is 3.19. The summed E-state index contributed by atoms with van der Waals surface area (Å²) in [4.78, 5) is 55.2. The lowest BCUT2D eigenvalue weighted by Gasteiger charge is -2.44. The number of benzene rings is 1.